The van der Waals surface area contributed by atoms with Crippen molar-refractivity contribution >= 4 is 16.8 Å². The van der Waals surface area contributed by atoms with Gasteiger partial charge >= 0.3 is 0 Å². The van der Waals surface area contributed by atoms with E-state index in [4.69, 9.17) is 4.74 Å². The van der Waals surface area contributed by atoms with E-state index >= 15 is 0 Å². The average molecular weight is 376 g/mol. The van der Waals surface area contributed by atoms with E-state index in [1.54, 1.807) is 24.1 Å². The van der Waals surface area contributed by atoms with Gasteiger partial charge in [-0.2, -0.15) is 0 Å². The van der Waals surface area contributed by atoms with Crippen LogP contribution < -0.4 is 4.74 Å². The molecule has 2 heterocycles. The lowest BCUT2D eigenvalue weighted by Gasteiger charge is -2.38. The van der Waals surface area contributed by atoms with Crippen LogP contribution in [0.2, 0.25) is 0 Å². The number of carbonyl (C=O) groups excluding carboxylic acids is 1. The highest BCUT2D eigenvalue weighted by atomic mass is 16.5. The lowest BCUT2D eigenvalue weighted by molar-refractivity contribution is -0.0211. The first-order chi connectivity index (χ1) is 13.5. The Morgan fingerprint density at radius 2 is 1.86 bits per heavy atom. The molecule has 0 saturated carbocycles. The van der Waals surface area contributed by atoms with Crippen LogP contribution in [0.5, 0.6) is 5.75 Å². The van der Waals surface area contributed by atoms with Crippen molar-refractivity contribution in [2.75, 3.05) is 20.2 Å². The maximum absolute atomic E-state index is 12.9. The molecule has 0 bridgehead atoms. The normalized spacial score (nSPS) is 16.2. The van der Waals surface area contributed by atoms with Gasteiger partial charge in [-0.15, -0.1) is 0 Å². The number of likely N-dealkylation sites (tertiary alicyclic amines) is 1. The van der Waals surface area contributed by atoms with Gasteiger partial charge in [-0.25, -0.2) is 0 Å². The minimum absolute atomic E-state index is 0.0577. The van der Waals surface area contributed by atoms with Gasteiger partial charge in [0.2, 0.25) is 0 Å². The Labute approximate surface area is 164 Å². The van der Waals surface area contributed by atoms with E-state index in [1.165, 1.54) is 0 Å². The molecule has 0 radical (unpaired) electrons. The van der Waals surface area contributed by atoms with Gasteiger partial charge < -0.3 is 14.7 Å². The number of piperidine rings is 1. The summed E-state index contributed by atoms with van der Waals surface area (Å²) in [6.07, 6.45) is 0.997. The molecule has 1 aliphatic rings. The van der Waals surface area contributed by atoms with Crippen LogP contribution in [0.3, 0.4) is 0 Å². The monoisotopic (exact) mass is 376 g/mol. The number of hydrogen-bond acceptors (Lipinski definition) is 4. The van der Waals surface area contributed by atoms with Gasteiger partial charge in [0.15, 0.2) is 0 Å². The number of nitrogens with zero attached hydrogens (tertiary/aromatic N) is 2. The van der Waals surface area contributed by atoms with Crippen LogP contribution in [0, 0.1) is 6.92 Å². The van der Waals surface area contributed by atoms with Crippen molar-refractivity contribution in [1.29, 1.82) is 0 Å². The molecule has 0 unspecified atom stereocenters. The number of fused-ring (bicyclic) bond motifs is 1. The molecule has 1 amide bonds. The smallest absolute Gasteiger partial charge is 0.257 e. The molecule has 0 atom stereocenters. The van der Waals surface area contributed by atoms with Gasteiger partial charge in [0, 0.05) is 24.2 Å². The van der Waals surface area contributed by atoms with E-state index in [1.807, 2.05) is 49.4 Å². The third-order valence-electron chi connectivity index (χ3n) is 5.58. The van der Waals surface area contributed by atoms with E-state index in [-0.39, 0.29) is 5.91 Å². The van der Waals surface area contributed by atoms with Crippen LogP contribution in [0.15, 0.2) is 54.6 Å². The molecule has 5 heteroatoms. The number of aliphatic hydroxyl groups is 1. The Morgan fingerprint density at radius 3 is 2.61 bits per heavy atom. The van der Waals surface area contributed by atoms with Gasteiger partial charge in [0.25, 0.3) is 5.91 Å². The molecule has 1 aromatic heterocycles. The summed E-state index contributed by atoms with van der Waals surface area (Å²) < 4.78 is 5.31. The second-order valence-electron chi connectivity index (χ2n) is 7.38. The second-order valence-corrected chi connectivity index (χ2v) is 7.38. The maximum atomic E-state index is 12.9. The van der Waals surface area contributed by atoms with Crippen molar-refractivity contribution in [3.05, 3.63) is 71.4 Å². The van der Waals surface area contributed by atoms with Crippen molar-refractivity contribution in [3.63, 3.8) is 0 Å². The van der Waals surface area contributed by atoms with Crippen LogP contribution in [0.4, 0.5) is 0 Å². The standard InChI is InChI=1S/C23H24N2O3/c1-16-7-8-17-15-18(9-10-20(17)24-16)23(27)11-13-25(14-12-23)22(26)19-5-3-4-6-21(19)28-2/h3-10,15,27H,11-14H2,1-2H3. The Balaban J connectivity index is 1.53. The molecule has 3 aromatic rings. The average Bonchev–Trinajstić information content (AvgIpc) is 2.73. The summed E-state index contributed by atoms with van der Waals surface area (Å²) in [7, 11) is 1.57. The van der Waals surface area contributed by atoms with Gasteiger partial charge in [-0.05, 0) is 55.7 Å². The molecular formula is C23H24N2O3. The molecule has 4 rings (SSSR count). The molecule has 1 aliphatic heterocycles. The predicted octanol–water partition coefficient (Wildman–Crippen LogP) is 3.68. The van der Waals surface area contributed by atoms with Gasteiger partial charge in [0.1, 0.15) is 5.75 Å². The summed E-state index contributed by atoms with van der Waals surface area (Å²) in [4.78, 5) is 19.2. The summed E-state index contributed by atoms with van der Waals surface area (Å²) in [6.45, 7) is 2.96. The lowest BCUT2D eigenvalue weighted by atomic mass is 9.83. The number of amides is 1. The van der Waals surface area contributed by atoms with Crippen LogP contribution in [0.25, 0.3) is 10.9 Å². The number of ether oxygens (including phenoxy) is 1. The Morgan fingerprint density at radius 1 is 1.11 bits per heavy atom. The van der Waals surface area contributed by atoms with Gasteiger partial charge in [-0.3, -0.25) is 9.78 Å². The van der Waals surface area contributed by atoms with Crippen molar-refractivity contribution in [2.45, 2.75) is 25.4 Å². The van der Waals surface area contributed by atoms with Crippen molar-refractivity contribution < 1.29 is 14.6 Å². The third kappa shape index (κ3) is 3.34. The number of aryl methyl sites for hydroxylation is 1. The van der Waals surface area contributed by atoms with Crippen LogP contribution in [0.1, 0.15) is 34.5 Å². The third-order valence-corrected chi connectivity index (χ3v) is 5.58. The first-order valence-corrected chi connectivity index (χ1v) is 9.53. The number of benzene rings is 2. The van der Waals surface area contributed by atoms with E-state index in [9.17, 15) is 9.90 Å². The quantitative estimate of drug-likeness (QED) is 0.758. The molecule has 0 aliphatic carbocycles. The van der Waals surface area contributed by atoms with Crippen LogP contribution >= 0.6 is 0 Å². The fourth-order valence-corrected chi connectivity index (χ4v) is 3.88. The molecule has 144 valence electrons. The molecule has 5 nitrogen and oxygen atoms in total. The first-order valence-electron chi connectivity index (χ1n) is 9.53. The van der Waals surface area contributed by atoms with Crippen LogP contribution in [-0.2, 0) is 5.60 Å². The number of rotatable bonds is 3. The molecule has 2 aromatic carbocycles. The Kier molecular flexibility index (Phi) is 4.77. The fourth-order valence-electron chi connectivity index (χ4n) is 3.88. The minimum Gasteiger partial charge on any atom is -0.496 e. The Bertz CT molecular complexity index is 1020. The number of carbonyl (C=O) groups is 1. The SMILES string of the molecule is COc1ccccc1C(=O)N1CCC(O)(c2ccc3nc(C)ccc3c2)CC1. The number of aromatic nitrogens is 1. The lowest BCUT2D eigenvalue weighted by Crippen LogP contribution is -2.45. The Hall–Kier alpha value is -2.92. The summed E-state index contributed by atoms with van der Waals surface area (Å²) >= 11 is 0. The summed E-state index contributed by atoms with van der Waals surface area (Å²) in [5.41, 5.74) is 2.41. The fraction of sp³-hybridized carbons (Fsp3) is 0.304. The summed E-state index contributed by atoms with van der Waals surface area (Å²) in [5, 5.41) is 12.3. The summed E-state index contributed by atoms with van der Waals surface area (Å²) in [6, 6.07) is 17.2. The molecular weight excluding hydrogens is 352 g/mol. The molecule has 1 N–H and O–H groups in total. The van der Waals surface area contributed by atoms with Crippen molar-refractivity contribution in [1.82, 2.24) is 9.88 Å². The van der Waals surface area contributed by atoms with E-state index in [0.717, 1.165) is 22.2 Å². The largest absolute Gasteiger partial charge is 0.496 e. The number of pyridine rings is 1. The molecule has 0 spiro atoms. The predicted molar refractivity (Wildman–Crippen MR) is 109 cm³/mol. The van der Waals surface area contributed by atoms with Gasteiger partial charge in [0.05, 0.1) is 23.8 Å². The highest BCUT2D eigenvalue weighted by molar-refractivity contribution is 5.97. The first kappa shape index (κ1) is 18.4. The topological polar surface area (TPSA) is 62.7 Å². The number of para-hydroxylation sites is 1. The van der Waals surface area contributed by atoms with E-state index < -0.39 is 5.60 Å². The van der Waals surface area contributed by atoms with E-state index in [0.29, 0.717) is 37.2 Å². The molecule has 28 heavy (non-hydrogen) atoms. The van der Waals surface area contributed by atoms with Crippen molar-refractivity contribution in [3.8, 4) is 5.75 Å². The van der Waals surface area contributed by atoms with Crippen molar-refractivity contribution in [2.24, 2.45) is 0 Å². The maximum Gasteiger partial charge on any atom is 0.257 e. The van der Waals surface area contributed by atoms with Gasteiger partial charge in [-0.1, -0.05) is 24.3 Å². The minimum atomic E-state index is -0.934. The summed E-state index contributed by atoms with van der Waals surface area (Å²) in [5.74, 6) is 0.517. The number of methoxy groups -OCH3 is 1. The highest BCUT2D eigenvalue weighted by Crippen LogP contribution is 2.35. The second kappa shape index (κ2) is 7.24. The van der Waals surface area contributed by atoms with E-state index in [2.05, 4.69) is 4.98 Å². The zero-order valence-electron chi connectivity index (χ0n) is 16.2. The zero-order chi connectivity index (χ0) is 19.7. The van der Waals surface area contributed by atoms with Crippen LogP contribution in [-0.4, -0.2) is 41.1 Å². The zero-order valence-corrected chi connectivity index (χ0v) is 16.2. The molecule has 1 saturated heterocycles. The highest BCUT2D eigenvalue weighted by Gasteiger charge is 2.36. The number of hydrogen-bond donors (Lipinski definition) is 1. The molecule has 1 fully saturated rings.